The summed E-state index contributed by atoms with van der Waals surface area (Å²) in [5.41, 5.74) is 1.55. The summed E-state index contributed by atoms with van der Waals surface area (Å²) in [5.74, 6) is -1.56. The molecule has 1 aromatic heterocycles. The van der Waals surface area contributed by atoms with Crippen LogP contribution in [-0.4, -0.2) is 11.9 Å². The number of rotatable bonds is 3. The first-order chi connectivity index (χ1) is 12.6. The molecule has 0 aliphatic carbocycles. The van der Waals surface area contributed by atoms with Crippen LogP contribution in [0, 0.1) is 5.92 Å². The van der Waals surface area contributed by atoms with Crippen molar-refractivity contribution >= 4 is 22.8 Å². The molecule has 6 heteroatoms. The molecule has 6 nitrogen and oxygen atoms in total. The summed E-state index contributed by atoms with van der Waals surface area (Å²) in [5, 5.41) is 3.49. The van der Waals surface area contributed by atoms with Gasteiger partial charge in [0.2, 0.25) is 5.91 Å². The van der Waals surface area contributed by atoms with Crippen LogP contribution >= 0.6 is 0 Å². The molecule has 0 bridgehead atoms. The van der Waals surface area contributed by atoms with Gasteiger partial charge in [0.25, 0.3) is 0 Å². The number of fused-ring (bicyclic) bond motifs is 2. The number of esters is 1. The maximum atomic E-state index is 12.4. The third-order valence-electron chi connectivity index (χ3n) is 4.35. The molecule has 0 fully saturated rings. The van der Waals surface area contributed by atoms with Crippen molar-refractivity contribution < 1.29 is 18.7 Å². The molecule has 1 atom stereocenters. The van der Waals surface area contributed by atoms with Gasteiger partial charge in [-0.2, -0.15) is 0 Å². The zero-order valence-electron chi connectivity index (χ0n) is 13.7. The van der Waals surface area contributed by atoms with Gasteiger partial charge in [-0.3, -0.25) is 9.59 Å². The van der Waals surface area contributed by atoms with E-state index in [1.807, 2.05) is 30.3 Å². The molecule has 1 unspecified atom stereocenters. The van der Waals surface area contributed by atoms with Gasteiger partial charge in [0.15, 0.2) is 0 Å². The summed E-state index contributed by atoms with van der Waals surface area (Å²) in [4.78, 5) is 36.0. The Balaban J connectivity index is 1.55. The second kappa shape index (κ2) is 6.48. The maximum absolute atomic E-state index is 12.4. The first-order valence-corrected chi connectivity index (χ1v) is 8.20. The highest BCUT2D eigenvalue weighted by molar-refractivity contribution is 6.00. The van der Waals surface area contributed by atoms with E-state index in [0.717, 1.165) is 11.1 Å². The quantitative estimate of drug-likeness (QED) is 0.339. The number of ether oxygens (including phenoxy) is 1. The summed E-state index contributed by atoms with van der Waals surface area (Å²) in [6.45, 7) is 0.346. The van der Waals surface area contributed by atoms with Crippen molar-refractivity contribution in [3.63, 3.8) is 0 Å². The molecule has 3 aromatic rings. The minimum atomic E-state index is -0.903. The fourth-order valence-corrected chi connectivity index (χ4v) is 2.99. The third kappa shape index (κ3) is 3.09. The van der Waals surface area contributed by atoms with E-state index in [2.05, 4.69) is 5.32 Å². The fourth-order valence-electron chi connectivity index (χ4n) is 2.99. The lowest BCUT2D eigenvalue weighted by molar-refractivity contribution is -0.146. The SMILES string of the molecule is O=C(NCc1ccccc1)C1Cc2cc3ccc(=O)oc3cc2OC1=O. The number of hydrogen-bond acceptors (Lipinski definition) is 5. The van der Waals surface area contributed by atoms with Crippen LogP contribution in [0.1, 0.15) is 11.1 Å². The van der Waals surface area contributed by atoms with Crippen molar-refractivity contribution in [3.8, 4) is 5.75 Å². The second-order valence-electron chi connectivity index (χ2n) is 6.13. The normalized spacial score (nSPS) is 16.0. The highest BCUT2D eigenvalue weighted by Gasteiger charge is 2.34. The Morgan fingerprint density at radius 1 is 1.08 bits per heavy atom. The van der Waals surface area contributed by atoms with Crippen LogP contribution in [0.2, 0.25) is 0 Å². The van der Waals surface area contributed by atoms with Gasteiger partial charge in [0.05, 0.1) is 0 Å². The van der Waals surface area contributed by atoms with Crippen LogP contribution in [0.4, 0.5) is 0 Å². The standard InChI is InChI=1S/C20H15NO5/c22-18-7-6-13-8-14-9-15(20(24)26-17(14)10-16(13)25-18)19(23)21-11-12-4-2-1-3-5-12/h1-8,10,15H,9,11H2,(H,21,23). The van der Waals surface area contributed by atoms with E-state index in [9.17, 15) is 14.4 Å². The van der Waals surface area contributed by atoms with Gasteiger partial charge in [-0.25, -0.2) is 4.79 Å². The van der Waals surface area contributed by atoms with Crippen LogP contribution < -0.4 is 15.7 Å². The van der Waals surface area contributed by atoms with E-state index in [0.29, 0.717) is 23.3 Å². The fraction of sp³-hybridized carbons (Fsp3) is 0.150. The molecule has 1 N–H and O–H groups in total. The predicted octanol–water partition coefficient (Wildman–Crippen LogP) is 2.19. The van der Waals surface area contributed by atoms with Gasteiger partial charge in [0, 0.05) is 24.1 Å². The Bertz CT molecular complexity index is 1050. The number of carbonyl (C=O) groups is 2. The summed E-state index contributed by atoms with van der Waals surface area (Å²) < 4.78 is 10.4. The lowest BCUT2D eigenvalue weighted by Crippen LogP contribution is -2.40. The Morgan fingerprint density at radius 3 is 2.69 bits per heavy atom. The topological polar surface area (TPSA) is 85.6 Å². The molecular weight excluding hydrogens is 334 g/mol. The van der Waals surface area contributed by atoms with Crippen molar-refractivity contribution in [2.75, 3.05) is 0 Å². The van der Waals surface area contributed by atoms with E-state index in [-0.39, 0.29) is 12.3 Å². The predicted molar refractivity (Wildman–Crippen MR) is 93.6 cm³/mol. The van der Waals surface area contributed by atoms with E-state index in [1.54, 1.807) is 12.1 Å². The highest BCUT2D eigenvalue weighted by Crippen LogP contribution is 2.32. The Labute approximate surface area is 148 Å². The summed E-state index contributed by atoms with van der Waals surface area (Å²) >= 11 is 0. The number of carbonyl (C=O) groups excluding carboxylic acids is 2. The summed E-state index contributed by atoms with van der Waals surface area (Å²) in [7, 11) is 0. The van der Waals surface area contributed by atoms with Crippen LogP contribution in [0.15, 0.2) is 63.8 Å². The van der Waals surface area contributed by atoms with Gasteiger partial charge in [0.1, 0.15) is 17.3 Å². The van der Waals surface area contributed by atoms with E-state index in [4.69, 9.17) is 9.15 Å². The van der Waals surface area contributed by atoms with Gasteiger partial charge < -0.3 is 14.5 Å². The molecule has 1 aliphatic heterocycles. The lowest BCUT2D eigenvalue weighted by atomic mass is 9.94. The van der Waals surface area contributed by atoms with Gasteiger partial charge in [-0.15, -0.1) is 0 Å². The van der Waals surface area contributed by atoms with Crippen LogP contribution in [-0.2, 0) is 22.6 Å². The van der Waals surface area contributed by atoms with Crippen molar-refractivity contribution in [2.24, 2.45) is 5.92 Å². The van der Waals surface area contributed by atoms with Crippen molar-refractivity contribution in [2.45, 2.75) is 13.0 Å². The highest BCUT2D eigenvalue weighted by atomic mass is 16.5. The second-order valence-corrected chi connectivity index (χ2v) is 6.13. The summed E-state index contributed by atoms with van der Waals surface area (Å²) in [6, 6.07) is 15.7. The van der Waals surface area contributed by atoms with Crippen molar-refractivity contribution in [1.29, 1.82) is 0 Å². The van der Waals surface area contributed by atoms with Gasteiger partial charge >= 0.3 is 11.6 Å². The Kier molecular flexibility index (Phi) is 4.01. The molecule has 2 aromatic carbocycles. The van der Waals surface area contributed by atoms with Crippen LogP contribution in [0.3, 0.4) is 0 Å². The molecular formula is C20H15NO5. The molecule has 0 saturated carbocycles. The molecule has 2 heterocycles. The van der Waals surface area contributed by atoms with E-state index >= 15 is 0 Å². The molecule has 0 radical (unpaired) electrons. The Hall–Kier alpha value is -3.41. The van der Waals surface area contributed by atoms with E-state index < -0.39 is 17.5 Å². The average molecular weight is 349 g/mol. The van der Waals surface area contributed by atoms with Gasteiger partial charge in [-0.1, -0.05) is 30.3 Å². The number of hydrogen-bond donors (Lipinski definition) is 1. The third-order valence-corrected chi connectivity index (χ3v) is 4.35. The van der Waals surface area contributed by atoms with Crippen LogP contribution in [0.25, 0.3) is 11.0 Å². The first-order valence-electron chi connectivity index (χ1n) is 8.20. The lowest BCUT2D eigenvalue weighted by Gasteiger charge is -2.23. The van der Waals surface area contributed by atoms with Gasteiger partial charge in [-0.05, 0) is 29.7 Å². The number of amides is 1. The smallest absolute Gasteiger partial charge is 0.336 e. The molecule has 130 valence electrons. The molecule has 1 aliphatic rings. The average Bonchev–Trinajstić information content (AvgIpc) is 2.65. The minimum Gasteiger partial charge on any atom is -0.425 e. The zero-order chi connectivity index (χ0) is 18.1. The first kappa shape index (κ1) is 16.1. The summed E-state index contributed by atoms with van der Waals surface area (Å²) in [6.07, 6.45) is 0.240. The monoisotopic (exact) mass is 349 g/mol. The largest absolute Gasteiger partial charge is 0.425 e. The van der Waals surface area contributed by atoms with Crippen molar-refractivity contribution in [3.05, 3.63) is 76.1 Å². The van der Waals surface area contributed by atoms with E-state index in [1.165, 1.54) is 12.1 Å². The van der Waals surface area contributed by atoms with Crippen molar-refractivity contribution in [1.82, 2.24) is 5.32 Å². The van der Waals surface area contributed by atoms with Crippen LogP contribution in [0.5, 0.6) is 5.75 Å². The number of nitrogens with one attached hydrogen (secondary N) is 1. The maximum Gasteiger partial charge on any atom is 0.336 e. The minimum absolute atomic E-state index is 0.240. The molecule has 4 rings (SSSR count). The Morgan fingerprint density at radius 2 is 1.88 bits per heavy atom. The zero-order valence-corrected chi connectivity index (χ0v) is 13.7. The molecule has 0 saturated heterocycles. The number of benzene rings is 2. The molecule has 1 amide bonds. The molecule has 26 heavy (non-hydrogen) atoms. The molecule has 0 spiro atoms.